The Hall–Kier alpha value is -0.0800. The molecule has 2 heteroatoms. The number of rotatable bonds is 5. The van der Waals surface area contributed by atoms with Gasteiger partial charge < -0.3 is 9.84 Å². The first kappa shape index (κ1) is 10.4. The molecule has 4 atom stereocenters. The molecule has 0 aliphatic heterocycles. The second-order valence-corrected chi connectivity index (χ2v) is 5.04. The Labute approximate surface area is 86.6 Å². The van der Waals surface area contributed by atoms with E-state index in [0.29, 0.717) is 5.92 Å². The zero-order valence-corrected chi connectivity index (χ0v) is 9.11. The van der Waals surface area contributed by atoms with Crippen LogP contribution in [0.15, 0.2) is 0 Å². The second-order valence-electron chi connectivity index (χ2n) is 5.04. The van der Waals surface area contributed by atoms with E-state index < -0.39 is 0 Å². The minimum atomic E-state index is -0.0551. The van der Waals surface area contributed by atoms with Gasteiger partial charge in [-0.3, -0.25) is 0 Å². The maximum atomic E-state index is 10.0. The zero-order chi connectivity index (χ0) is 9.97. The number of hydrogen-bond donors (Lipinski definition) is 1. The van der Waals surface area contributed by atoms with Crippen LogP contribution in [0.4, 0.5) is 0 Å². The van der Waals surface area contributed by atoms with Crippen LogP contribution in [-0.4, -0.2) is 24.9 Å². The highest BCUT2D eigenvalue weighted by Crippen LogP contribution is 2.49. The zero-order valence-electron chi connectivity index (χ0n) is 9.11. The van der Waals surface area contributed by atoms with E-state index in [2.05, 4.69) is 0 Å². The molecule has 0 aromatic carbocycles. The predicted molar refractivity (Wildman–Crippen MR) is 56.1 cm³/mol. The van der Waals surface area contributed by atoms with Crippen molar-refractivity contribution in [3.63, 3.8) is 0 Å². The van der Waals surface area contributed by atoms with Gasteiger partial charge in [0.2, 0.25) is 0 Å². The molecule has 0 saturated heterocycles. The molecule has 14 heavy (non-hydrogen) atoms. The third-order valence-corrected chi connectivity index (χ3v) is 4.14. The summed E-state index contributed by atoms with van der Waals surface area (Å²) in [5, 5.41) is 10.0. The van der Waals surface area contributed by atoms with Crippen LogP contribution in [0, 0.1) is 17.8 Å². The molecular weight excluding hydrogens is 176 g/mol. The van der Waals surface area contributed by atoms with Crippen molar-refractivity contribution in [2.24, 2.45) is 17.8 Å². The molecule has 0 aromatic rings. The van der Waals surface area contributed by atoms with Crippen molar-refractivity contribution in [1.29, 1.82) is 0 Å². The van der Waals surface area contributed by atoms with Crippen LogP contribution < -0.4 is 0 Å². The fourth-order valence-electron chi connectivity index (χ4n) is 3.42. The van der Waals surface area contributed by atoms with Gasteiger partial charge in [-0.05, 0) is 49.9 Å². The summed E-state index contributed by atoms with van der Waals surface area (Å²) in [6, 6.07) is 0. The lowest BCUT2D eigenvalue weighted by Crippen LogP contribution is -2.25. The van der Waals surface area contributed by atoms with Crippen molar-refractivity contribution in [2.45, 2.75) is 44.6 Å². The molecule has 2 fully saturated rings. The van der Waals surface area contributed by atoms with Crippen molar-refractivity contribution < 1.29 is 9.84 Å². The first-order chi connectivity index (χ1) is 6.81. The normalized spacial score (nSPS) is 37.7. The van der Waals surface area contributed by atoms with Gasteiger partial charge in [0.25, 0.3) is 0 Å². The van der Waals surface area contributed by atoms with E-state index in [4.69, 9.17) is 4.74 Å². The lowest BCUT2D eigenvalue weighted by atomic mass is 9.83. The van der Waals surface area contributed by atoms with Crippen molar-refractivity contribution in [3.05, 3.63) is 0 Å². The van der Waals surface area contributed by atoms with Crippen LogP contribution in [0.2, 0.25) is 0 Å². The van der Waals surface area contributed by atoms with E-state index in [1.54, 1.807) is 7.11 Å². The van der Waals surface area contributed by atoms with Gasteiger partial charge in [0.05, 0.1) is 6.10 Å². The summed E-state index contributed by atoms with van der Waals surface area (Å²) < 4.78 is 5.01. The van der Waals surface area contributed by atoms with Gasteiger partial charge >= 0.3 is 0 Å². The molecule has 0 amide bonds. The van der Waals surface area contributed by atoms with Crippen LogP contribution in [-0.2, 0) is 4.74 Å². The summed E-state index contributed by atoms with van der Waals surface area (Å²) in [6.45, 7) is 0.790. The van der Waals surface area contributed by atoms with Gasteiger partial charge in [0.15, 0.2) is 0 Å². The topological polar surface area (TPSA) is 29.5 Å². The number of aliphatic hydroxyl groups is 1. The Morgan fingerprint density at radius 3 is 2.79 bits per heavy atom. The van der Waals surface area contributed by atoms with E-state index >= 15 is 0 Å². The van der Waals surface area contributed by atoms with E-state index in [9.17, 15) is 5.11 Å². The molecule has 2 nitrogen and oxygen atoms in total. The Bertz CT molecular complexity index is 181. The summed E-state index contributed by atoms with van der Waals surface area (Å²) in [5.74, 6) is 2.41. The minimum Gasteiger partial charge on any atom is -0.393 e. The first-order valence-corrected chi connectivity index (χ1v) is 5.98. The molecule has 82 valence electrons. The molecule has 2 saturated carbocycles. The molecule has 2 bridgehead atoms. The van der Waals surface area contributed by atoms with Crippen molar-refractivity contribution in [3.8, 4) is 0 Å². The molecule has 0 spiro atoms. The smallest absolute Gasteiger partial charge is 0.0572 e. The number of methoxy groups -OCH3 is 1. The Balaban J connectivity index is 1.72. The van der Waals surface area contributed by atoms with Gasteiger partial charge in [-0.2, -0.15) is 0 Å². The van der Waals surface area contributed by atoms with Crippen molar-refractivity contribution in [1.82, 2.24) is 0 Å². The van der Waals surface area contributed by atoms with E-state index in [-0.39, 0.29) is 6.10 Å². The third-order valence-electron chi connectivity index (χ3n) is 4.14. The average Bonchev–Trinajstić information content (AvgIpc) is 2.79. The van der Waals surface area contributed by atoms with Gasteiger partial charge in [0, 0.05) is 13.7 Å². The van der Waals surface area contributed by atoms with E-state index in [1.165, 1.54) is 25.7 Å². The lowest BCUT2D eigenvalue weighted by molar-refractivity contribution is 0.0581. The minimum absolute atomic E-state index is 0.0551. The fraction of sp³-hybridized carbons (Fsp3) is 1.00. The molecule has 2 aliphatic carbocycles. The predicted octanol–water partition coefficient (Wildman–Crippen LogP) is 2.21. The highest BCUT2D eigenvalue weighted by molar-refractivity contribution is 4.92. The lowest BCUT2D eigenvalue weighted by Gasteiger charge is -2.26. The maximum absolute atomic E-state index is 10.0. The molecule has 1 N–H and O–H groups in total. The monoisotopic (exact) mass is 198 g/mol. The van der Waals surface area contributed by atoms with Crippen molar-refractivity contribution >= 4 is 0 Å². The Kier molecular flexibility index (Phi) is 3.45. The van der Waals surface area contributed by atoms with E-state index in [0.717, 1.165) is 31.3 Å². The Morgan fingerprint density at radius 2 is 2.21 bits per heavy atom. The summed E-state index contributed by atoms with van der Waals surface area (Å²) in [5.41, 5.74) is 0. The summed E-state index contributed by atoms with van der Waals surface area (Å²) >= 11 is 0. The summed E-state index contributed by atoms with van der Waals surface area (Å²) in [7, 11) is 1.73. The SMILES string of the molecule is COCCCC(O)C1CC2CCC1C2. The molecule has 4 unspecified atom stereocenters. The van der Waals surface area contributed by atoms with Crippen LogP contribution in [0.25, 0.3) is 0 Å². The molecule has 2 aliphatic rings. The highest BCUT2D eigenvalue weighted by Gasteiger charge is 2.42. The molecule has 0 aromatic heterocycles. The maximum Gasteiger partial charge on any atom is 0.0572 e. The second kappa shape index (κ2) is 4.63. The molecular formula is C12H22O2. The third kappa shape index (κ3) is 2.12. The quantitative estimate of drug-likeness (QED) is 0.686. The van der Waals surface area contributed by atoms with Crippen molar-refractivity contribution in [2.75, 3.05) is 13.7 Å². The largest absolute Gasteiger partial charge is 0.393 e. The van der Waals surface area contributed by atoms with E-state index in [1.807, 2.05) is 0 Å². The van der Waals surface area contributed by atoms with Gasteiger partial charge in [-0.15, -0.1) is 0 Å². The van der Waals surface area contributed by atoms with Crippen LogP contribution >= 0.6 is 0 Å². The number of hydrogen-bond acceptors (Lipinski definition) is 2. The number of ether oxygens (including phenoxy) is 1. The van der Waals surface area contributed by atoms with Gasteiger partial charge in [0.1, 0.15) is 0 Å². The fourth-order valence-corrected chi connectivity index (χ4v) is 3.42. The van der Waals surface area contributed by atoms with Crippen LogP contribution in [0.5, 0.6) is 0 Å². The van der Waals surface area contributed by atoms with Gasteiger partial charge in [-0.1, -0.05) is 6.42 Å². The molecule has 0 radical (unpaired) electrons. The summed E-state index contributed by atoms with van der Waals surface area (Å²) in [4.78, 5) is 0. The van der Waals surface area contributed by atoms with Crippen LogP contribution in [0.1, 0.15) is 38.5 Å². The molecule has 0 heterocycles. The van der Waals surface area contributed by atoms with Gasteiger partial charge in [-0.25, -0.2) is 0 Å². The van der Waals surface area contributed by atoms with Crippen LogP contribution in [0.3, 0.4) is 0 Å². The molecule has 2 rings (SSSR count). The highest BCUT2D eigenvalue weighted by atomic mass is 16.5. The summed E-state index contributed by atoms with van der Waals surface area (Å²) in [6.07, 6.45) is 7.36. The standard InChI is InChI=1S/C12H22O2/c1-14-6-2-3-12(13)11-8-9-4-5-10(11)7-9/h9-13H,2-8H2,1H3. The number of aliphatic hydroxyl groups excluding tert-OH is 1. The number of fused-ring (bicyclic) bond motifs is 2. The Morgan fingerprint density at radius 1 is 1.36 bits per heavy atom. The first-order valence-electron chi connectivity index (χ1n) is 5.98. The average molecular weight is 198 g/mol.